The van der Waals surface area contributed by atoms with Gasteiger partial charge in [0.1, 0.15) is 17.4 Å². The van der Waals surface area contributed by atoms with Gasteiger partial charge in [0.05, 0.1) is 61.9 Å². The third-order valence-electron chi connectivity index (χ3n) is 9.49. The van der Waals surface area contributed by atoms with E-state index in [9.17, 15) is 28.0 Å². The number of carbonyl (C=O) groups excluding carboxylic acids is 2. The highest BCUT2D eigenvalue weighted by Gasteiger charge is 2.51. The van der Waals surface area contributed by atoms with Crippen LogP contribution in [0.3, 0.4) is 0 Å². The van der Waals surface area contributed by atoms with Gasteiger partial charge in [-0.25, -0.2) is 28.3 Å². The van der Waals surface area contributed by atoms with Crippen LogP contribution in [0.2, 0.25) is 0 Å². The number of halogens is 2. The van der Waals surface area contributed by atoms with Gasteiger partial charge in [0.25, 0.3) is 11.1 Å². The summed E-state index contributed by atoms with van der Waals surface area (Å²) in [5.41, 5.74) is 1.27. The van der Waals surface area contributed by atoms with Crippen LogP contribution in [0.25, 0.3) is 17.8 Å². The molecule has 59 heavy (non-hydrogen) atoms. The van der Waals surface area contributed by atoms with Gasteiger partial charge in [-0.2, -0.15) is 0 Å². The third-order valence-corrected chi connectivity index (χ3v) is 9.49. The second-order valence-corrected chi connectivity index (χ2v) is 14.2. The van der Waals surface area contributed by atoms with E-state index in [2.05, 4.69) is 19.6 Å². The highest BCUT2D eigenvalue weighted by atomic mass is 19.1. The Bertz CT molecular complexity index is 2260. The summed E-state index contributed by atoms with van der Waals surface area (Å²) in [7, 11) is 0.549. The lowest BCUT2D eigenvalue weighted by atomic mass is 9.78. The van der Waals surface area contributed by atoms with Crippen LogP contribution >= 0.6 is 0 Å². The number of nitrogens with zero attached hydrogens (tertiary/aromatic N) is 5. The molecule has 309 valence electrons. The largest absolute Gasteiger partial charge is 0.569 e. The summed E-state index contributed by atoms with van der Waals surface area (Å²) in [6.45, 7) is 9.92. The number of rotatable bonds is 11. The number of benzene rings is 2. The predicted molar refractivity (Wildman–Crippen MR) is 212 cm³/mol. The van der Waals surface area contributed by atoms with Crippen LogP contribution in [0.5, 0.6) is 5.75 Å². The zero-order chi connectivity index (χ0) is 42.0. The first-order valence-electron chi connectivity index (χ1n) is 18.7. The molecule has 0 bridgehead atoms. The van der Waals surface area contributed by atoms with Gasteiger partial charge in [-0.1, -0.05) is 0 Å². The standard InChI is InChI=1S/C20H20FN3O4.C14H17N3O4.C6H5BFO2/c1-2-28-17(25)8-5-15-9-24(16-6-3-14(21)4-7-16)19(26)18(22-15)23-10-20(11-23)12-27-13-20;1-2-21-11(18)4-3-10-5-15-13(19)12(16-10)17-6-14(7-17)8-20-9-14;8-5-1-3-6(4-2-5)10-7-9/h3-9H,2,10-13H2,1H3;3-5H,2,6-9H2,1H3,(H,15,19);1-4,9H/b8-5+;4-3+;. The van der Waals surface area contributed by atoms with Crippen molar-refractivity contribution in [3.63, 3.8) is 0 Å². The van der Waals surface area contributed by atoms with Crippen LogP contribution in [0.15, 0.2) is 82.7 Å². The smallest absolute Gasteiger partial charge is 0.537 e. The fourth-order valence-electron chi connectivity index (χ4n) is 6.52. The highest BCUT2D eigenvalue weighted by Crippen LogP contribution is 2.39. The molecule has 6 heterocycles. The van der Waals surface area contributed by atoms with Gasteiger partial charge in [0.2, 0.25) is 0 Å². The second-order valence-electron chi connectivity index (χ2n) is 14.2. The topological polar surface area (TPSA) is 188 Å². The molecule has 8 rings (SSSR count). The molecule has 4 fully saturated rings. The van der Waals surface area contributed by atoms with Gasteiger partial charge >= 0.3 is 19.6 Å². The summed E-state index contributed by atoms with van der Waals surface area (Å²) < 4.78 is 51.6. The lowest BCUT2D eigenvalue weighted by Gasteiger charge is -2.55. The zero-order valence-corrected chi connectivity index (χ0v) is 32.3. The maximum atomic E-state index is 13.3. The molecule has 19 heteroatoms. The second kappa shape index (κ2) is 19.1. The van der Waals surface area contributed by atoms with E-state index in [4.69, 9.17) is 24.0 Å². The molecule has 0 unspecified atom stereocenters. The molecule has 0 atom stereocenters. The maximum Gasteiger partial charge on any atom is 0.569 e. The Kier molecular flexibility index (Phi) is 13.7. The van der Waals surface area contributed by atoms with Crippen molar-refractivity contribution in [1.29, 1.82) is 0 Å². The Hall–Kier alpha value is -6.18. The number of carbonyl (C=O) groups is 2. The summed E-state index contributed by atoms with van der Waals surface area (Å²) in [5.74, 6) is -0.537. The molecule has 1 radical (unpaired) electrons. The van der Waals surface area contributed by atoms with Crippen molar-refractivity contribution in [3.8, 4) is 11.4 Å². The Morgan fingerprint density at radius 3 is 1.78 bits per heavy atom. The Balaban J connectivity index is 0.000000165. The Morgan fingerprint density at radius 1 is 0.797 bits per heavy atom. The maximum absolute atomic E-state index is 13.3. The van der Waals surface area contributed by atoms with Crippen LogP contribution in [-0.4, -0.2) is 110 Å². The van der Waals surface area contributed by atoms with E-state index >= 15 is 0 Å². The van der Waals surface area contributed by atoms with Gasteiger partial charge in [-0.15, -0.1) is 0 Å². The quantitative estimate of drug-likeness (QED) is 0.128. The van der Waals surface area contributed by atoms with Gasteiger partial charge < -0.3 is 43.4 Å². The van der Waals surface area contributed by atoms with E-state index in [0.29, 0.717) is 75.1 Å². The number of hydrogen-bond donors (Lipinski definition) is 2. The SMILES string of the molecule is CCOC(=O)/C=C/c1c[nH]c(=O)c(N2CC3(COC3)C2)n1.CCOC(=O)/C=C/c1cn(-c2ccc(F)cc2)c(=O)c(N2CC3(COC3)C2)n1.O[B]Oc1ccc(F)cc1. The van der Waals surface area contributed by atoms with E-state index in [0.717, 1.165) is 26.3 Å². The Labute approximate surface area is 338 Å². The number of anilines is 2. The zero-order valence-electron chi connectivity index (χ0n) is 32.3. The molecule has 2 aromatic carbocycles. The summed E-state index contributed by atoms with van der Waals surface area (Å²) in [4.78, 5) is 63.0. The van der Waals surface area contributed by atoms with Crippen molar-refractivity contribution in [3.05, 3.63) is 117 Å². The van der Waals surface area contributed by atoms with Gasteiger partial charge in [-0.05, 0) is 74.5 Å². The van der Waals surface area contributed by atoms with E-state index in [1.54, 1.807) is 13.8 Å². The fraction of sp³-hybridized carbons (Fsp3) is 0.350. The molecule has 2 N–H and O–H groups in total. The molecule has 4 aromatic rings. The van der Waals surface area contributed by atoms with Crippen LogP contribution in [-0.2, 0) is 28.5 Å². The first-order valence-corrected chi connectivity index (χ1v) is 18.7. The molecule has 0 aliphatic carbocycles. The average molecular weight is 816 g/mol. The number of hydrogen-bond acceptors (Lipinski definition) is 14. The minimum absolute atomic E-state index is 0.117. The van der Waals surface area contributed by atoms with E-state index in [1.165, 1.54) is 89.8 Å². The number of H-pyrrole nitrogens is 1. The van der Waals surface area contributed by atoms with Crippen molar-refractivity contribution in [2.24, 2.45) is 10.8 Å². The number of nitrogens with one attached hydrogen (secondary N) is 1. The summed E-state index contributed by atoms with van der Waals surface area (Å²) in [5, 5.41) is 8.15. The van der Waals surface area contributed by atoms with Gasteiger partial charge in [0.15, 0.2) is 11.6 Å². The van der Waals surface area contributed by atoms with Crippen molar-refractivity contribution in [2.45, 2.75) is 13.8 Å². The number of esters is 2. The molecule has 16 nitrogen and oxygen atoms in total. The van der Waals surface area contributed by atoms with Gasteiger partial charge in [-0.3, -0.25) is 14.2 Å². The number of aromatic nitrogens is 4. The first kappa shape index (κ1) is 42.4. The Morgan fingerprint density at radius 2 is 1.29 bits per heavy atom. The lowest BCUT2D eigenvalue weighted by Crippen LogP contribution is -2.67. The van der Waals surface area contributed by atoms with Crippen molar-refractivity contribution < 1.29 is 47.0 Å². The van der Waals surface area contributed by atoms with Crippen molar-refractivity contribution >= 4 is 43.4 Å². The van der Waals surface area contributed by atoms with Crippen molar-refractivity contribution in [1.82, 2.24) is 19.5 Å². The van der Waals surface area contributed by atoms with Crippen molar-refractivity contribution in [2.75, 3.05) is 75.6 Å². The van der Waals surface area contributed by atoms with E-state index in [1.807, 2.05) is 9.80 Å². The molecule has 0 amide bonds. The van der Waals surface area contributed by atoms with Crippen LogP contribution in [0, 0.1) is 22.5 Å². The molecular weight excluding hydrogens is 773 g/mol. The summed E-state index contributed by atoms with van der Waals surface area (Å²) in [6, 6.07) is 11.0. The first-order chi connectivity index (χ1) is 28.4. The van der Waals surface area contributed by atoms with Crippen LogP contribution < -0.4 is 25.6 Å². The molecule has 4 aliphatic heterocycles. The minimum Gasteiger partial charge on any atom is -0.537 e. The summed E-state index contributed by atoms with van der Waals surface area (Å²) >= 11 is 0. The normalized spacial score (nSPS) is 16.7. The average Bonchev–Trinajstić information content (AvgIpc) is 3.15. The number of ether oxygens (including phenoxy) is 4. The van der Waals surface area contributed by atoms with Crippen LogP contribution in [0.4, 0.5) is 20.4 Å². The predicted octanol–water partition coefficient (Wildman–Crippen LogP) is 2.70. The third kappa shape index (κ3) is 10.7. The molecule has 2 spiro atoms. The lowest BCUT2D eigenvalue weighted by molar-refractivity contribution is -0.138. The van der Waals surface area contributed by atoms with Gasteiger partial charge in [0, 0.05) is 56.4 Å². The van der Waals surface area contributed by atoms with E-state index in [-0.39, 0.29) is 40.2 Å². The van der Waals surface area contributed by atoms with Crippen LogP contribution in [0.1, 0.15) is 25.2 Å². The molecular formula is C40H42BF2N6O10. The summed E-state index contributed by atoms with van der Waals surface area (Å²) in [6.07, 6.45) is 8.60. The molecule has 4 saturated heterocycles. The minimum atomic E-state index is -0.486. The highest BCUT2D eigenvalue weighted by molar-refractivity contribution is 6.17. The monoisotopic (exact) mass is 815 g/mol. The van der Waals surface area contributed by atoms with E-state index < -0.39 is 11.9 Å². The fourth-order valence-corrected chi connectivity index (χ4v) is 6.52. The molecule has 0 saturated carbocycles. The molecule has 4 aliphatic rings. The molecule has 2 aromatic heterocycles. The number of aromatic amines is 1.